The molecule has 23 heavy (non-hydrogen) atoms. The van der Waals surface area contributed by atoms with Crippen LogP contribution in [0, 0.1) is 5.82 Å². The molecule has 1 saturated heterocycles. The number of amides is 1. The SMILES string of the molecule is O=C(CCc1ccccc1F)N1CCCC[C@@H]1Cn1cccn1. The average Bonchev–Trinajstić information content (AvgIpc) is 3.07. The largest absolute Gasteiger partial charge is 0.338 e. The van der Waals surface area contributed by atoms with Crippen LogP contribution in [0.2, 0.25) is 0 Å². The minimum atomic E-state index is -0.230. The molecule has 0 aliphatic carbocycles. The number of piperidine rings is 1. The lowest BCUT2D eigenvalue weighted by Crippen LogP contribution is -2.46. The van der Waals surface area contributed by atoms with Gasteiger partial charge in [-0.3, -0.25) is 9.48 Å². The van der Waals surface area contributed by atoms with E-state index in [1.165, 1.54) is 6.07 Å². The minimum Gasteiger partial charge on any atom is -0.338 e. The summed E-state index contributed by atoms with van der Waals surface area (Å²) < 4.78 is 15.6. The van der Waals surface area contributed by atoms with Gasteiger partial charge in [-0.25, -0.2) is 4.39 Å². The van der Waals surface area contributed by atoms with Crippen LogP contribution in [-0.4, -0.2) is 33.2 Å². The topological polar surface area (TPSA) is 38.1 Å². The Bertz CT molecular complexity index is 641. The first-order chi connectivity index (χ1) is 11.2. The maximum absolute atomic E-state index is 13.7. The van der Waals surface area contributed by atoms with Crippen molar-refractivity contribution in [1.82, 2.24) is 14.7 Å². The van der Waals surface area contributed by atoms with E-state index in [9.17, 15) is 9.18 Å². The molecule has 0 saturated carbocycles. The van der Waals surface area contributed by atoms with E-state index in [1.807, 2.05) is 27.9 Å². The fraction of sp³-hybridized carbons (Fsp3) is 0.444. The number of aromatic nitrogens is 2. The zero-order valence-electron chi connectivity index (χ0n) is 13.2. The highest BCUT2D eigenvalue weighted by atomic mass is 19.1. The molecule has 1 aromatic heterocycles. The molecule has 4 nitrogen and oxygen atoms in total. The van der Waals surface area contributed by atoms with Crippen LogP contribution in [0.4, 0.5) is 4.39 Å². The summed E-state index contributed by atoms with van der Waals surface area (Å²) in [6.45, 7) is 1.53. The van der Waals surface area contributed by atoms with Gasteiger partial charge in [-0.15, -0.1) is 0 Å². The number of halogens is 1. The smallest absolute Gasteiger partial charge is 0.223 e. The Morgan fingerprint density at radius 1 is 1.26 bits per heavy atom. The van der Waals surface area contributed by atoms with Gasteiger partial charge < -0.3 is 4.90 Å². The molecule has 1 aliphatic rings. The summed E-state index contributed by atoms with van der Waals surface area (Å²) in [5.41, 5.74) is 0.612. The lowest BCUT2D eigenvalue weighted by Gasteiger charge is -2.36. The number of carbonyl (C=O) groups is 1. The van der Waals surface area contributed by atoms with Crippen LogP contribution in [-0.2, 0) is 17.8 Å². The Hall–Kier alpha value is -2.17. The summed E-state index contributed by atoms with van der Waals surface area (Å²) in [5.74, 6) is -0.114. The van der Waals surface area contributed by atoms with Crippen molar-refractivity contribution in [1.29, 1.82) is 0 Å². The van der Waals surface area contributed by atoms with Gasteiger partial charge in [-0.2, -0.15) is 5.10 Å². The quantitative estimate of drug-likeness (QED) is 0.850. The second kappa shape index (κ2) is 7.40. The van der Waals surface area contributed by atoms with Gasteiger partial charge in [0.05, 0.1) is 12.6 Å². The second-order valence-corrected chi connectivity index (χ2v) is 6.06. The minimum absolute atomic E-state index is 0.116. The number of benzene rings is 1. The summed E-state index contributed by atoms with van der Waals surface area (Å²) in [4.78, 5) is 14.6. The van der Waals surface area contributed by atoms with E-state index in [1.54, 1.807) is 18.3 Å². The summed E-state index contributed by atoms with van der Waals surface area (Å²) in [6, 6.07) is 8.76. The van der Waals surface area contributed by atoms with Crippen molar-refractivity contribution >= 4 is 5.91 Å². The number of rotatable bonds is 5. The van der Waals surface area contributed by atoms with Crippen molar-refractivity contribution in [2.24, 2.45) is 0 Å². The maximum atomic E-state index is 13.7. The van der Waals surface area contributed by atoms with Gasteiger partial charge >= 0.3 is 0 Å². The van der Waals surface area contributed by atoms with Crippen LogP contribution in [0.25, 0.3) is 0 Å². The van der Waals surface area contributed by atoms with Gasteiger partial charge in [-0.1, -0.05) is 18.2 Å². The Morgan fingerprint density at radius 2 is 2.13 bits per heavy atom. The molecule has 0 bridgehead atoms. The molecule has 5 heteroatoms. The summed E-state index contributed by atoms with van der Waals surface area (Å²) >= 11 is 0. The van der Waals surface area contributed by atoms with Crippen LogP contribution in [0.1, 0.15) is 31.2 Å². The number of likely N-dealkylation sites (tertiary alicyclic amines) is 1. The molecule has 0 N–H and O–H groups in total. The number of carbonyl (C=O) groups excluding carboxylic acids is 1. The molecule has 122 valence electrons. The molecule has 0 radical (unpaired) electrons. The van der Waals surface area contributed by atoms with Gasteiger partial charge in [-0.05, 0) is 43.4 Å². The zero-order valence-corrected chi connectivity index (χ0v) is 13.2. The van der Waals surface area contributed by atoms with Crippen LogP contribution in [0.15, 0.2) is 42.7 Å². The average molecular weight is 315 g/mol. The third kappa shape index (κ3) is 3.97. The van der Waals surface area contributed by atoms with E-state index in [0.717, 1.165) is 32.4 Å². The third-order valence-electron chi connectivity index (χ3n) is 4.47. The number of hydrogen-bond acceptors (Lipinski definition) is 2. The zero-order chi connectivity index (χ0) is 16.1. The second-order valence-electron chi connectivity index (χ2n) is 6.06. The molecule has 2 heterocycles. The van der Waals surface area contributed by atoms with Crippen molar-refractivity contribution in [3.8, 4) is 0 Å². The van der Waals surface area contributed by atoms with Crippen LogP contribution in [0.3, 0.4) is 0 Å². The number of hydrogen-bond donors (Lipinski definition) is 0. The lowest BCUT2D eigenvalue weighted by molar-refractivity contribution is -0.135. The molecule has 1 atom stereocenters. The predicted molar refractivity (Wildman–Crippen MR) is 86.3 cm³/mol. The van der Waals surface area contributed by atoms with Crippen LogP contribution in [0.5, 0.6) is 0 Å². The van der Waals surface area contributed by atoms with Crippen molar-refractivity contribution in [2.45, 2.75) is 44.7 Å². The van der Waals surface area contributed by atoms with E-state index in [4.69, 9.17) is 0 Å². The number of aryl methyl sites for hydroxylation is 1. The molecule has 0 spiro atoms. The first kappa shape index (κ1) is 15.7. The first-order valence-electron chi connectivity index (χ1n) is 8.24. The fourth-order valence-electron chi connectivity index (χ4n) is 3.23. The fourth-order valence-corrected chi connectivity index (χ4v) is 3.23. The maximum Gasteiger partial charge on any atom is 0.223 e. The summed E-state index contributed by atoms with van der Waals surface area (Å²) in [5, 5.41) is 4.24. The highest BCUT2D eigenvalue weighted by molar-refractivity contribution is 5.77. The van der Waals surface area contributed by atoms with Gasteiger partial charge in [0.15, 0.2) is 0 Å². The van der Waals surface area contributed by atoms with E-state index in [-0.39, 0.29) is 17.8 Å². The Kier molecular flexibility index (Phi) is 5.05. The lowest BCUT2D eigenvalue weighted by atomic mass is 10.0. The van der Waals surface area contributed by atoms with Gasteiger partial charge in [0.2, 0.25) is 5.91 Å². The molecule has 1 aliphatic heterocycles. The van der Waals surface area contributed by atoms with Crippen molar-refractivity contribution in [2.75, 3.05) is 6.54 Å². The van der Waals surface area contributed by atoms with Crippen molar-refractivity contribution in [3.05, 3.63) is 54.1 Å². The van der Waals surface area contributed by atoms with E-state index >= 15 is 0 Å². The normalized spacial score (nSPS) is 18.1. The highest BCUT2D eigenvalue weighted by Gasteiger charge is 2.26. The van der Waals surface area contributed by atoms with Crippen LogP contribution < -0.4 is 0 Å². The summed E-state index contributed by atoms with van der Waals surface area (Å²) in [7, 11) is 0. The highest BCUT2D eigenvalue weighted by Crippen LogP contribution is 2.20. The van der Waals surface area contributed by atoms with Crippen molar-refractivity contribution in [3.63, 3.8) is 0 Å². The molecule has 0 unspecified atom stereocenters. The third-order valence-corrected chi connectivity index (χ3v) is 4.47. The molecule has 1 amide bonds. The van der Waals surface area contributed by atoms with Crippen LogP contribution >= 0.6 is 0 Å². The van der Waals surface area contributed by atoms with E-state index in [0.29, 0.717) is 18.4 Å². The molecular formula is C18H22FN3O. The molecule has 1 aromatic carbocycles. The van der Waals surface area contributed by atoms with Crippen molar-refractivity contribution < 1.29 is 9.18 Å². The molecular weight excluding hydrogens is 293 g/mol. The molecule has 1 fully saturated rings. The molecule has 3 rings (SSSR count). The Balaban J connectivity index is 1.61. The van der Waals surface area contributed by atoms with E-state index in [2.05, 4.69) is 5.10 Å². The monoisotopic (exact) mass is 315 g/mol. The predicted octanol–water partition coefficient (Wildman–Crippen LogP) is 3.04. The first-order valence-corrected chi connectivity index (χ1v) is 8.24. The van der Waals surface area contributed by atoms with Gasteiger partial charge in [0.1, 0.15) is 5.82 Å². The van der Waals surface area contributed by atoms with Gasteiger partial charge in [0.25, 0.3) is 0 Å². The van der Waals surface area contributed by atoms with E-state index < -0.39 is 0 Å². The Morgan fingerprint density at radius 3 is 2.91 bits per heavy atom. The molecule has 2 aromatic rings. The summed E-state index contributed by atoms with van der Waals surface area (Å²) in [6.07, 6.45) is 7.69. The van der Waals surface area contributed by atoms with Gasteiger partial charge in [0, 0.05) is 25.4 Å². The Labute approximate surface area is 135 Å². The number of nitrogens with zero attached hydrogens (tertiary/aromatic N) is 3. The standard InChI is InChI=1S/C18H22FN3O/c19-17-8-2-1-6-15(17)9-10-18(23)22-13-4-3-7-16(22)14-21-12-5-11-20-21/h1-2,5-6,8,11-12,16H,3-4,7,9-10,13-14H2/t16-/m1/s1.